The standard InChI is InChI=1S/C22H20FN7O/c1-3-29(17-8-4-6-15(12-17)20(31)10-11-24-2)22-25-14-19-21(26-22)30(28-27-19)18-9-5-7-16(23)13-18/h4-14,24H,3H2,1-2H3/b11-10+. The highest BCUT2D eigenvalue weighted by Gasteiger charge is 2.16. The summed E-state index contributed by atoms with van der Waals surface area (Å²) in [5.41, 5.74) is 2.79. The van der Waals surface area contributed by atoms with E-state index in [2.05, 4.69) is 25.6 Å². The largest absolute Gasteiger partial charge is 0.394 e. The quantitative estimate of drug-likeness (QED) is 0.364. The van der Waals surface area contributed by atoms with Gasteiger partial charge in [-0.2, -0.15) is 9.67 Å². The second-order valence-electron chi connectivity index (χ2n) is 6.64. The fourth-order valence-electron chi connectivity index (χ4n) is 3.15. The summed E-state index contributed by atoms with van der Waals surface area (Å²) in [6.07, 6.45) is 4.64. The molecule has 2 aromatic carbocycles. The van der Waals surface area contributed by atoms with Gasteiger partial charge in [0.25, 0.3) is 0 Å². The van der Waals surface area contributed by atoms with Gasteiger partial charge in [0.2, 0.25) is 5.95 Å². The number of benzene rings is 2. The minimum absolute atomic E-state index is 0.114. The van der Waals surface area contributed by atoms with E-state index in [1.807, 2.05) is 24.0 Å². The van der Waals surface area contributed by atoms with Crippen LogP contribution in [-0.2, 0) is 0 Å². The van der Waals surface area contributed by atoms with Gasteiger partial charge in [-0.3, -0.25) is 4.79 Å². The van der Waals surface area contributed by atoms with Gasteiger partial charge in [0.15, 0.2) is 16.9 Å². The molecule has 0 amide bonds. The van der Waals surface area contributed by atoms with Crippen LogP contribution in [0.5, 0.6) is 0 Å². The first-order valence-electron chi connectivity index (χ1n) is 9.71. The maximum Gasteiger partial charge on any atom is 0.232 e. The van der Waals surface area contributed by atoms with Crippen LogP contribution >= 0.6 is 0 Å². The summed E-state index contributed by atoms with van der Waals surface area (Å²) >= 11 is 0. The first-order chi connectivity index (χ1) is 15.1. The Morgan fingerprint density at radius 2 is 2.06 bits per heavy atom. The number of aromatic nitrogens is 5. The molecule has 9 heteroatoms. The van der Waals surface area contributed by atoms with E-state index in [9.17, 15) is 9.18 Å². The Morgan fingerprint density at radius 1 is 1.23 bits per heavy atom. The minimum atomic E-state index is -0.376. The van der Waals surface area contributed by atoms with Crippen molar-refractivity contribution in [3.05, 3.63) is 78.4 Å². The molecule has 4 aromatic rings. The lowest BCUT2D eigenvalue weighted by atomic mass is 10.1. The minimum Gasteiger partial charge on any atom is -0.394 e. The molecule has 0 saturated heterocycles. The molecule has 0 atom stereocenters. The topological polar surface area (TPSA) is 88.8 Å². The monoisotopic (exact) mass is 417 g/mol. The van der Waals surface area contributed by atoms with Crippen LogP contribution in [0, 0.1) is 5.82 Å². The first kappa shape index (κ1) is 20.1. The van der Waals surface area contributed by atoms with E-state index >= 15 is 0 Å². The van der Waals surface area contributed by atoms with Crippen LogP contribution in [0.25, 0.3) is 16.9 Å². The molecule has 2 heterocycles. The summed E-state index contributed by atoms with van der Waals surface area (Å²) in [5.74, 6) is -0.0678. The van der Waals surface area contributed by atoms with Crippen LogP contribution in [0.2, 0.25) is 0 Å². The molecule has 0 aliphatic carbocycles. The highest BCUT2D eigenvalue weighted by molar-refractivity contribution is 6.05. The Kier molecular flexibility index (Phi) is 5.65. The summed E-state index contributed by atoms with van der Waals surface area (Å²) in [4.78, 5) is 23.3. The van der Waals surface area contributed by atoms with Gasteiger partial charge in [-0.25, -0.2) is 9.37 Å². The molecule has 1 N–H and O–H groups in total. The van der Waals surface area contributed by atoms with Gasteiger partial charge >= 0.3 is 0 Å². The molecule has 0 saturated carbocycles. The average molecular weight is 417 g/mol. The number of ketones is 1. The SMILES string of the molecule is CCN(c1cccc(C(=O)/C=C/NC)c1)c1ncc2nnn(-c3cccc(F)c3)c2n1. The van der Waals surface area contributed by atoms with Gasteiger partial charge in [0, 0.05) is 37.1 Å². The molecule has 0 aliphatic heterocycles. The zero-order chi connectivity index (χ0) is 21.8. The number of carbonyl (C=O) groups excluding carboxylic acids is 1. The zero-order valence-corrected chi connectivity index (χ0v) is 17.0. The summed E-state index contributed by atoms with van der Waals surface area (Å²) in [6, 6.07) is 13.3. The molecule has 2 aromatic heterocycles. The van der Waals surface area contributed by atoms with Gasteiger partial charge in [-0.15, -0.1) is 5.10 Å². The number of nitrogens with one attached hydrogen (secondary N) is 1. The van der Waals surface area contributed by atoms with Crippen molar-refractivity contribution in [3.63, 3.8) is 0 Å². The predicted molar refractivity (Wildman–Crippen MR) is 116 cm³/mol. The van der Waals surface area contributed by atoms with Crippen LogP contribution < -0.4 is 10.2 Å². The van der Waals surface area contributed by atoms with E-state index < -0.39 is 0 Å². The fourth-order valence-corrected chi connectivity index (χ4v) is 3.15. The van der Waals surface area contributed by atoms with Crippen molar-refractivity contribution in [2.24, 2.45) is 0 Å². The van der Waals surface area contributed by atoms with Crippen molar-refractivity contribution in [2.75, 3.05) is 18.5 Å². The molecular formula is C22H20FN7O. The second-order valence-corrected chi connectivity index (χ2v) is 6.64. The van der Waals surface area contributed by atoms with Crippen LogP contribution in [0.1, 0.15) is 17.3 Å². The van der Waals surface area contributed by atoms with Gasteiger partial charge in [0.1, 0.15) is 5.82 Å². The Morgan fingerprint density at radius 3 is 2.84 bits per heavy atom. The van der Waals surface area contributed by atoms with Crippen molar-refractivity contribution in [1.29, 1.82) is 0 Å². The summed E-state index contributed by atoms with van der Waals surface area (Å²) in [6.45, 7) is 2.53. The number of hydrogen-bond donors (Lipinski definition) is 1. The first-order valence-corrected chi connectivity index (χ1v) is 9.71. The van der Waals surface area contributed by atoms with Crippen LogP contribution in [0.15, 0.2) is 67.0 Å². The van der Waals surface area contributed by atoms with Crippen molar-refractivity contribution < 1.29 is 9.18 Å². The molecular weight excluding hydrogens is 397 g/mol. The van der Waals surface area contributed by atoms with Gasteiger partial charge in [-0.1, -0.05) is 23.4 Å². The molecule has 0 spiro atoms. The highest BCUT2D eigenvalue weighted by atomic mass is 19.1. The number of anilines is 2. The maximum atomic E-state index is 13.7. The number of hydrogen-bond acceptors (Lipinski definition) is 7. The van der Waals surface area contributed by atoms with Crippen molar-refractivity contribution in [2.45, 2.75) is 6.92 Å². The van der Waals surface area contributed by atoms with E-state index in [4.69, 9.17) is 0 Å². The summed E-state index contributed by atoms with van der Waals surface area (Å²) in [7, 11) is 1.73. The third-order valence-corrected chi connectivity index (χ3v) is 4.63. The molecule has 8 nitrogen and oxygen atoms in total. The van der Waals surface area contributed by atoms with E-state index in [1.54, 1.807) is 43.7 Å². The molecule has 0 unspecified atom stereocenters. The van der Waals surface area contributed by atoms with Gasteiger partial charge in [0.05, 0.1) is 11.9 Å². The van der Waals surface area contributed by atoms with Crippen LogP contribution in [-0.4, -0.2) is 44.3 Å². The number of carbonyl (C=O) groups is 1. The van der Waals surface area contributed by atoms with E-state index in [-0.39, 0.29) is 11.6 Å². The van der Waals surface area contributed by atoms with Crippen molar-refractivity contribution >= 4 is 28.6 Å². The molecule has 0 radical (unpaired) electrons. The normalized spacial score (nSPS) is 11.2. The van der Waals surface area contributed by atoms with E-state index in [0.29, 0.717) is 34.9 Å². The number of allylic oxidation sites excluding steroid dienone is 1. The lowest BCUT2D eigenvalue weighted by Gasteiger charge is -2.21. The number of nitrogens with zero attached hydrogens (tertiary/aromatic N) is 6. The van der Waals surface area contributed by atoms with Crippen molar-refractivity contribution in [1.82, 2.24) is 30.3 Å². The maximum absolute atomic E-state index is 13.7. The molecule has 0 fully saturated rings. The highest BCUT2D eigenvalue weighted by Crippen LogP contribution is 2.25. The Balaban J connectivity index is 1.74. The van der Waals surface area contributed by atoms with E-state index in [1.165, 1.54) is 22.9 Å². The smallest absolute Gasteiger partial charge is 0.232 e. The van der Waals surface area contributed by atoms with Crippen LogP contribution in [0.3, 0.4) is 0 Å². The Bertz CT molecular complexity index is 1270. The zero-order valence-electron chi connectivity index (χ0n) is 17.0. The molecule has 0 bridgehead atoms. The molecule has 156 valence electrons. The van der Waals surface area contributed by atoms with Crippen LogP contribution in [0.4, 0.5) is 16.0 Å². The van der Waals surface area contributed by atoms with E-state index in [0.717, 1.165) is 5.69 Å². The van der Waals surface area contributed by atoms with Gasteiger partial charge in [-0.05, 0) is 37.3 Å². The number of fused-ring (bicyclic) bond motifs is 1. The number of rotatable bonds is 7. The third kappa shape index (κ3) is 4.11. The summed E-state index contributed by atoms with van der Waals surface area (Å²) < 4.78 is 15.2. The second kappa shape index (κ2) is 8.70. The fraction of sp³-hybridized carbons (Fsp3) is 0.136. The average Bonchev–Trinajstić information content (AvgIpc) is 3.21. The Labute approximate surface area is 178 Å². The van der Waals surface area contributed by atoms with Crippen molar-refractivity contribution in [3.8, 4) is 5.69 Å². The number of halogens is 1. The summed E-state index contributed by atoms with van der Waals surface area (Å²) in [5, 5.41) is 11.0. The molecule has 0 aliphatic rings. The molecule has 4 rings (SSSR count). The molecule has 31 heavy (non-hydrogen) atoms. The Hall–Kier alpha value is -4.14. The third-order valence-electron chi connectivity index (χ3n) is 4.63. The lowest BCUT2D eigenvalue weighted by Crippen LogP contribution is -2.19. The van der Waals surface area contributed by atoms with Gasteiger partial charge < -0.3 is 10.2 Å². The lowest BCUT2D eigenvalue weighted by molar-refractivity contribution is 0.104. The predicted octanol–water partition coefficient (Wildman–Crippen LogP) is 3.42.